The highest BCUT2D eigenvalue weighted by atomic mass is 35.5. The molecule has 1 unspecified atom stereocenters. The number of thioether (sulfide) groups is 1. The van der Waals surface area contributed by atoms with E-state index in [1.807, 2.05) is 0 Å². The third kappa shape index (κ3) is 8.02. The van der Waals surface area contributed by atoms with Gasteiger partial charge in [0.1, 0.15) is 11.8 Å². The maximum atomic E-state index is 12.8. The minimum absolute atomic E-state index is 0.00220. The molecule has 0 bridgehead atoms. The van der Waals surface area contributed by atoms with Crippen LogP contribution in [0.25, 0.3) is 6.08 Å². The van der Waals surface area contributed by atoms with E-state index >= 15 is 0 Å². The summed E-state index contributed by atoms with van der Waals surface area (Å²) in [6.45, 7) is 0.155. The van der Waals surface area contributed by atoms with Gasteiger partial charge >= 0.3 is 5.97 Å². The number of amides is 3. The molecule has 1 aromatic carbocycles. The van der Waals surface area contributed by atoms with E-state index in [2.05, 4.69) is 21.3 Å². The van der Waals surface area contributed by atoms with E-state index in [4.69, 9.17) is 27.6 Å². The number of hydrogen-bond donors (Lipinski definition) is 5. The second-order valence-electron chi connectivity index (χ2n) is 7.72. The molecule has 0 spiro atoms. The summed E-state index contributed by atoms with van der Waals surface area (Å²) in [5.74, 6) is -0.778. The molecule has 5 N–H and O–H groups in total. The lowest BCUT2D eigenvalue weighted by molar-refractivity contribution is -0.139. The number of rotatable bonds is 11. The van der Waals surface area contributed by atoms with Crippen LogP contribution in [0.1, 0.15) is 28.1 Å². The Morgan fingerprint density at radius 2 is 1.97 bits per heavy atom. The molecule has 1 aromatic heterocycles. The summed E-state index contributed by atoms with van der Waals surface area (Å²) in [4.78, 5) is 48.4. The molecule has 2 aromatic rings. The van der Waals surface area contributed by atoms with Gasteiger partial charge in [-0.25, -0.2) is 4.79 Å². The second-order valence-corrected chi connectivity index (χ2v) is 9.56. The number of carboxylic acids is 1. The Bertz CT molecular complexity index is 1110. The van der Waals surface area contributed by atoms with Gasteiger partial charge in [-0.1, -0.05) is 23.2 Å². The van der Waals surface area contributed by atoms with E-state index in [1.54, 1.807) is 23.9 Å². The predicted octanol–water partition coefficient (Wildman–Crippen LogP) is 2.27. The molecule has 2 atom stereocenters. The fraction of sp³-hybridized carbons (Fsp3) is 0.304. The van der Waals surface area contributed by atoms with Crippen LogP contribution < -0.4 is 21.3 Å². The van der Waals surface area contributed by atoms with Gasteiger partial charge in [0.2, 0.25) is 11.8 Å². The molecule has 10 nitrogen and oxygen atoms in total. The Morgan fingerprint density at radius 3 is 2.58 bits per heavy atom. The first kappa shape index (κ1) is 27.6. The Kier molecular flexibility index (Phi) is 10.2. The standard InChI is InChI=1S/C23H24Cl2N4O6S/c24-15-8-13(10-27-19(30)4-3-14-2-1-7-35-14)9-16(25)20(15)22(32)29-17(23(33)34)5-6-26-21(31)18-11-36-12-28-18/h1-4,7-9,17-18,28H,5-6,10-12H2,(H,26,31)(H,27,30)(H,29,32)(H,33,34)/b4-3+/t17-,18?/m0/s1. The van der Waals surface area contributed by atoms with Gasteiger partial charge in [-0.15, -0.1) is 11.8 Å². The molecule has 1 fully saturated rings. The smallest absolute Gasteiger partial charge is 0.326 e. The fourth-order valence-corrected chi connectivity index (χ4v) is 4.90. The van der Waals surface area contributed by atoms with Crippen LogP contribution in [0, 0.1) is 0 Å². The zero-order valence-corrected chi connectivity index (χ0v) is 21.2. The Hall–Kier alpha value is -2.99. The maximum absolute atomic E-state index is 12.8. The van der Waals surface area contributed by atoms with Crippen LogP contribution in [0.4, 0.5) is 0 Å². The van der Waals surface area contributed by atoms with Crippen LogP contribution in [0.15, 0.2) is 41.0 Å². The minimum atomic E-state index is -1.27. The van der Waals surface area contributed by atoms with Crippen LogP contribution >= 0.6 is 35.0 Å². The number of carbonyl (C=O) groups is 4. The molecular weight excluding hydrogens is 531 g/mol. The van der Waals surface area contributed by atoms with Crippen LogP contribution in [0.3, 0.4) is 0 Å². The molecule has 1 saturated heterocycles. The number of benzene rings is 1. The SMILES string of the molecule is O=C(/C=C/c1ccco1)NCc1cc(Cl)c(C(=O)N[C@@H](CCNC(=O)C2CSCN2)C(=O)O)c(Cl)c1. The first-order valence-electron chi connectivity index (χ1n) is 10.8. The van der Waals surface area contributed by atoms with Crippen molar-refractivity contribution in [2.75, 3.05) is 18.2 Å². The highest BCUT2D eigenvalue weighted by molar-refractivity contribution is 7.99. The van der Waals surface area contributed by atoms with Gasteiger partial charge in [-0.3, -0.25) is 19.7 Å². The molecule has 192 valence electrons. The summed E-state index contributed by atoms with van der Waals surface area (Å²) in [5.41, 5.74) is 0.450. The van der Waals surface area contributed by atoms with Crippen LogP contribution in [-0.4, -0.2) is 59.1 Å². The molecule has 2 heterocycles. The van der Waals surface area contributed by atoms with Crippen molar-refractivity contribution < 1.29 is 28.7 Å². The largest absolute Gasteiger partial charge is 0.480 e. The number of carboxylic acid groups (broad SMARTS) is 1. The van der Waals surface area contributed by atoms with E-state index in [0.29, 0.717) is 23.0 Å². The Labute approximate surface area is 221 Å². The van der Waals surface area contributed by atoms with Crippen LogP contribution in [0.2, 0.25) is 10.0 Å². The van der Waals surface area contributed by atoms with E-state index in [0.717, 1.165) is 0 Å². The topological polar surface area (TPSA) is 150 Å². The molecule has 3 rings (SSSR count). The summed E-state index contributed by atoms with van der Waals surface area (Å²) in [6.07, 6.45) is 4.28. The van der Waals surface area contributed by atoms with Gasteiger partial charge in [0.25, 0.3) is 5.91 Å². The first-order valence-corrected chi connectivity index (χ1v) is 12.8. The molecule has 3 amide bonds. The molecular formula is C23H24Cl2N4O6S. The number of carbonyl (C=O) groups excluding carboxylic acids is 3. The number of aliphatic carboxylic acids is 1. The van der Waals surface area contributed by atoms with Crippen molar-refractivity contribution in [2.24, 2.45) is 0 Å². The summed E-state index contributed by atoms with van der Waals surface area (Å²) in [7, 11) is 0. The minimum Gasteiger partial charge on any atom is -0.480 e. The second kappa shape index (κ2) is 13.4. The highest BCUT2D eigenvalue weighted by Crippen LogP contribution is 2.27. The molecule has 0 saturated carbocycles. The monoisotopic (exact) mass is 554 g/mol. The van der Waals surface area contributed by atoms with Gasteiger partial charge in [0, 0.05) is 30.8 Å². The predicted molar refractivity (Wildman–Crippen MR) is 137 cm³/mol. The third-order valence-electron chi connectivity index (χ3n) is 5.11. The van der Waals surface area contributed by atoms with E-state index in [1.165, 1.54) is 30.5 Å². The molecule has 36 heavy (non-hydrogen) atoms. The van der Waals surface area contributed by atoms with Gasteiger partial charge in [-0.05, 0) is 42.3 Å². The van der Waals surface area contributed by atoms with Crippen molar-refractivity contribution in [3.63, 3.8) is 0 Å². The highest BCUT2D eigenvalue weighted by Gasteiger charge is 2.26. The Morgan fingerprint density at radius 1 is 1.22 bits per heavy atom. The first-order chi connectivity index (χ1) is 17.2. The average molecular weight is 555 g/mol. The Balaban J connectivity index is 1.54. The van der Waals surface area contributed by atoms with Crippen molar-refractivity contribution in [3.05, 3.63) is 63.5 Å². The molecule has 13 heteroatoms. The third-order valence-corrected chi connectivity index (χ3v) is 6.64. The summed E-state index contributed by atoms with van der Waals surface area (Å²) < 4.78 is 5.11. The number of hydrogen-bond acceptors (Lipinski definition) is 7. The van der Waals surface area contributed by atoms with E-state index < -0.39 is 17.9 Å². The number of halogens is 2. The van der Waals surface area contributed by atoms with Crippen molar-refractivity contribution in [3.8, 4) is 0 Å². The maximum Gasteiger partial charge on any atom is 0.326 e. The zero-order chi connectivity index (χ0) is 26.1. The number of furan rings is 1. The molecule has 1 aliphatic heterocycles. The van der Waals surface area contributed by atoms with Crippen molar-refractivity contribution in [1.29, 1.82) is 0 Å². The normalized spacial score (nSPS) is 16.0. The molecule has 1 aliphatic rings. The van der Waals surface area contributed by atoms with Gasteiger partial charge in [0.15, 0.2) is 0 Å². The quantitative estimate of drug-likeness (QED) is 0.265. The lowest BCUT2D eigenvalue weighted by Crippen LogP contribution is -2.46. The van der Waals surface area contributed by atoms with E-state index in [-0.39, 0.29) is 53.0 Å². The van der Waals surface area contributed by atoms with Crippen molar-refractivity contribution in [1.82, 2.24) is 21.3 Å². The van der Waals surface area contributed by atoms with Gasteiger partial charge in [-0.2, -0.15) is 0 Å². The van der Waals surface area contributed by atoms with Crippen molar-refractivity contribution in [2.45, 2.75) is 25.0 Å². The van der Waals surface area contributed by atoms with E-state index in [9.17, 15) is 24.3 Å². The summed E-state index contributed by atoms with van der Waals surface area (Å²) >= 11 is 14.1. The van der Waals surface area contributed by atoms with Gasteiger partial charge in [0.05, 0.1) is 27.9 Å². The number of nitrogens with one attached hydrogen (secondary N) is 4. The lowest BCUT2D eigenvalue weighted by atomic mass is 10.1. The van der Waals surface area contributed by atoms with Gasteiger partial charge < -0.3 is 25.5 Å². The lowest BCUT2D eigenvalue weighted by Gasteiger charge is -2.17. The van der Waals surface area contributed by atoms with Crippen LogP contribution in [-0.2, 0) is 20.9 Å². The molecule has 0 radical (unpaired) electrons. The van der Waals surface area contributed by atoms with Crippen molar-refractivity contribution >= 4 is 64.7 Å². The summed E-state index contributed by atoms with van der Waals surface area (Å²) in [5, 5.41) is 20.2. The van der Waals surface area contributed by atoms with Crippen LogP contribution in [0.5, 0.6) is 0 Å². The molecule has 0 aliphatic carbocycles. The average Bonchev–Trinajstić information content (AvgIpc) is 3.54. The summed E-state index contributed by atoms with van der Waals surface area (Å²) in [6, 6.07) is 4.73. The zero-order valence-electron chi connectivity index (χ0n) is 18.9. The fourth-order valence-electron chi connectivity index (χ4n) is 3.25.